The number of rotatable bonds is 5. The van der Waals surface area contributed by atoms with Crippen molar-refractivity contribution < 1.29 is 4.74 Å². The molecule has 1 spiro atoms. The van der Waals surface area contributed by atoms with E-state index in [0.717, 1.165) is 67.2 Å². The molecule has 280 valence electrons. The van der Waals surface area contributed by atoms with Crippen LogP contribution in [0.1, 0.15) is 22.3 Å². The monoisotopic (exact) mass is 764 g/mol. The molecule has 0 fully saturated rings. The standard InChI is InChI=1S/C57H36N2O/c1-3-17-37(18-4-1)41-33-34-47(44-24-8-7-23-43(41)44)53-36-52(38-19-5-2-6-20-38)58-56(59-53)40-22-15-21-39(35-40)42-27-16-31-51-55(42)60-54-32-14-13-30-50(54)57(51)48-28-11-9-25-45(48)46-26-10-12-29-49(46)57/h1-36H. The Labute approximate surface area is 348 Å². The minimum atomic E-state index is -0.536. The van der Waals surface area contributed by atoms with E-state index in [1.54, 1.807) is 0 Å². The summed E-state index contributed by atoms with van der Waals surface area (Å²) >= 11 is 0. The largest absolute Gasteiger partial charge is 0.456 e. The summed E-state index contributed by atoms with van der Waals surface area (Å²) < 4.78 is 7.03. The van der Waals surface area contributed by atoms with Crippen LogP contribution in [-0.2, 0) is 5.41 Å². The summed E-state index contributed by atoms with van der Waals surface area (Å²) in [5.74, 6) is 2.40. The van der Waals surface area contributed by atoms with Crippen LogP contribution >= 0.6 is 0 Å². The molecular weight excluding hydrogens is 729 g/mol. The van der Waals surface area contributed by atoms with Crippen molar-refractivity contribution in [1.29, 1.82) is 0 Å². The number of aromatic nitrogens is 2. The summed E-state index contributed by atoms with van der Waals surface area (Å²) in [5.41, 5.74) is 16.0. The van der Waals surface area contributed by atoms with Crippen LogP contribution < -0.4 is 4.74 Å². The van der Waals surface area contributed by atoms with Gasteiger partial charge < -0.3 is 4.74 Å². The molecule has 0 N–H and O–H groups in total. The Balaban J connectivity index is 1.04. The number of hydrogen-bond donors (Lipinski definition) is 0. The van der Waals surface area contributed by atoms with Gasteiger partial charge >= 0.3 is 0 Å². The van der Waals surface area contributed by atoms with Crippen LogP contribution in [0.15, 0.2) is 218 Å². The van der Waals surface area contributed by atoms with Crippen molar-refractivity contribution in [2.45, 2.75) is 5.41 Å². The van der Waals surface area contributed by atoms with Gasteiger partial charge in [-0.05, 0) is 67.9 Å². The third kappa shape index (κ3) is 5.16. The van der Waals surface area contributed by atoms with Crippen molar-refractivity contribution in [2.24, 2.45) is 0 Å². The van der Waals surface area contributed by atoms with Crippen LogP contribution in [0, 0.1) is 0 Å². The Kier molecular flexibility index (Phi) is 7.76. The first-order chi connectivity index (χ1) is 29.8. The summed E-state index contributed by atoms with van der Waals surface area (Å²) in [6.07, 6.45) is 0. The lowest BCUT2D eigenvalue weighted by molar-refractivity contribution is 0.438. The molecule has 0 atom stereocenters. The normalized spacial score (nSPS) is 12.9. The topological polar surface area (TPSA) is 35.0 Å². The highest BCUT2D eigenvalue weighted by molar-refractivity contribution is 6.05. The highest BCUT2D eigenvalue weighted by Gasteiger charge is 2.51. The third-order valence-electron chi connectivity index (χ3n) is 12.4. The molecule has 3 nitrogen and oxygen atoms in total. The molecule has 1 aliphatic carbocycles. The summed E-state index contributed by atoms with van der Waals surface area (Å²) in [6.45, 7) is 0. The van der Waals surface area contributed by atoms with Gasteiger partial charge in [-0.15, -0.1) is 0 Å². The maximum Gasteiger partial charge on any atom is 0.160 e. The van der Waals surface area contributed by atoms with Crippen LogP contribution in [-0.4, -0.2) is 9.97 Å². The van der Waals surface area contributed by atoms with Crippen molar-refractivity contribution >= 4 is 10.8 Å². The van der Waals surface area contributed by atoms with Crippen molar-refractivity contribution in [2.75, 3.05) is 0 Å². The quantitative estimate of drug-likeness (QED) is 0.175. The van der Waals surface area contributed by atoms with Gasteiger partial charge in [-0.25, -0.2) is 9.97 Å². The first-order valence-electron chi connectivity index (χ1n) is 20.5. The zero-order valence-electron chi connectivity index (χ0n) is 32.6. The Morgan fingerprint density at radius 2 is 0.833 bits per heavy atom. The number of hydrogen-bond acceptors (Lipinski definition) is 3. The second kappa shape index (κ2) is 13.6. The Hall–Kier alpha value is -7.88. The van der Waals surface area contributed by atoms with Gasteiger partial charge in [0.25, 0.3) is 0 Å². The van der Waals surface area contributed by atoms with Crippen LogP contribution in [0.4, 0.5) is 0 Å². The molecular formula is C57H36N2O. The van der Waals surface area contributed by atoms with E-state index in [4.69, 9.17) is 14.7 Å². The molecule has 0 radical (unpaired) electrons. The fourth-order valence-corrected chi connectivity index (χ4v) is 9.79. The maximum absolute atomic E-state index is 7.03. The van der Waals surface area contributed by atoms with Crippen LogP contribution in [0.5, 0.6) is 11.5 Å². The predicted octanol–water partition coefficient (Wildman–Crippen LogP) is 14.4. The SMILES string of the molecule is c1ccc(-c2cc(-c3ccc(-c4ccccc4)c4ccccc34)nc(-c3cccc(-c4cccc5c4Oc4ccccc4C54c5ccccc5-c5ccccc54)c3)n2)cc1. The van der Waals surface area contributed by atoms with E-state index in [-0.39, 0.29) is 0 Å². The van der Waals surface area contributed by atoms with Gasteiger partial charge in [0.1, 0.15) is 11.5 Å². The first-order valence-corrected chi connectivity index (χ1v) is 20.5. The zero-order chi connectivity index (χ0) is 39.6. The van der Waals surface area contributed by atoms with E-state index in [9.17, 15) is 0 Å². The molecule has 1 aromatic heterocycles. The van der Waals surface area contributed by atoms with Crippen molar-refractivity contribution in [3.63, 3.8) is 0 Å². The molecule has 0 unspecified atom stereocenters. The molecule has 60 heavy (non-hydrogen) atoms. The molecule has 10 aromatic rings. The molecule has 2 aliphatic rings. The van der Waals surface area contributed by atoms with Crippen LogP contribution in [0.3, 0.4) is 0 Å². The molecule has 3 heteroatoms. The van der Waals surface area contributed by atoms with E-state index < -0.39 is 5.41 Å². The van der Waals surface area contributed by atoms with E-state index in [0.29, 0.717) is 5.82 Å². The van der Waals surface area contributed by atoms with Crippen molar-refractivity contribution in [1.82, 2.24) is 9.97 Å². The third-order valence-corrected chi connectivity index (χ3v) is 12.4. The molecule has 0 bridgehead atoms. The number of fused-ring (bicyclic) bond motifs is 10. The average molecular weight is 765 g/mol. The molecule has 0 amide bonds. The highest BCUT2D eigenvalue weighted by atomic mass is 16.5. The van der Waals surface area contributed by atoms with Crippen molar-refractivity contribution in [3.05, 3.63) is 241 Å². The van der Waals surface area contributed by atoms with E-state index >= 15 is 0 Å². The summed E-state index contributed by atoms with van der Waals surface area (Å²) in [5, 5.41) is 2.33. The molecule has 9 aromatic carbocycles. The minimum Gasteiger partial charge on any atom is -0.456 e. The number of ether oxygens (including phenoxy) is 1. The van der Waals surface area contributed by atoms with Gasteiger partial charge in [0.15, 0.2) is 5.82 Å². The Morgan fingerprint density at radius 1 is 0.317 bits per heavy atom. The van der Waals surface area contributed by atoms with E-state index in [1.807, 2.05) is 6.07 Å². The molecule has 0 saturated heterocycles. The average Bonchev–Trinajstić information content (AvgIpc) is 3.62. The molecule has 2 heterocycles. The van der Waals surface area contributed by atoms with Crippen molar-refractivity contribution in [3.8, 4) is 78.8 Å². The zero-order valence-corrected chi connectivity index (χ0v) is 32.6. The fourth-order valence-electron chi connectivity index (χ4n) is 9.79. The van der Waals surface area contributed by atoms with Gasteiger partial charge in [-0.1, -0.05) is 200 Å². The second-order valence-electron chi connectivity index (χ2n) is 15.6. The lowest BCUT2D eigenvalue weighted by Gasteiger charge is -2.40. The molecule has 1 aliphatic heterocycles. The summed E-state index contributed by atoms with van der Waals surface area (Å²) in [7, 11) is 0. The fraction of sp³-hybridized carbons (Fsp3) is 0.0175. The number of benzene rings is 9. The van der Waals surface area contributed by atoms with Gasteiger partial charge in [-0.3, -0.25) is 0 Å². The van der Waals surface area contributed by atoms with Gasteiger partial charge in [0.2, 0.25) is 0 Å². The van der Waals surface area contributed by atoms with E-state index in [2.05, 4.69) is 212 Å². The van der Waals surface area contributed by atoms with Gasteiger partial charge in [0, 0.05) is 33.4 Å². The second-order valence-corrected chi connectivity index (χ2v) is 15.6. The van der Waals surface area contributed by atoms with Gasteiger partial charge in [0.05, 0.1) is 16.8 Å². The number of para-hydroxylation sites is 2. The lowest BCUT2D eigenvalue weighted by Crippen LogP contribution is -2.32. The van der Waals surface area contributed by atoms with Gasteiger partial charge in [-0.2, -0.15) is 0 Å². The predicted molar refractivity (Wildman–Crippen MR) is 244 cm³/mol. The lowest BCUT2D eigenvalue weighted by atomic mass is 9.65. The molecule has 0 saturated carbocycles. The maximum atomic E-state index is 7.03. The minimum absolute atomic E-state index is 0.536. The van der Waals surface area contributed by atoms with Crippen LogP contribution in [0.25, 0.3) is 78.1 Å². The Bertz CT molecular complexity index is 3250. The first kappa shape index (κ1) is 34.2. The highest BCUT2D eigenvalue weighted by Crippen LogP contribution is 2.63. The van der Waals surface area contributed by atoms with E-state index in [1.165, 1.54) is 38.8 Å². The van der Waals surface area contributed by atoms with Crippen LogP contribution in [0.2, 0.25) is 0 Å². The smallest absolute Gasteiger partial charge is 0.160 e. The molecule has 12 rings (SSSR count). The summed E-state index contributed by atoms with van der Waals surface area (Å²) in [4.78, 5) is 10.6. The summed E-state index contributed by atoms with van der Waals surface area (Å²) in [6, 6.07) is 77.7. The number of nitrogens with zero attached hydrogens (tertiary/aromatic N) is 2. The Morgan fingerprint density at radius 3 is 1.58 bits per heavy atom.